The Kier molecular flexibility index (Phi) is 8.28. The Morgan fingerprint density at radius 2 is 2.05 bits per heavy atom. The lowest BCUT2D eigenvalue weighted by atomic mass is 10.2. The molecule has 1 unspecified atom stereocenters. The number of guanidine groups is 1. The van der Waals surface area contributed by atoms with E-state index in [9.17, 15) is 0 Å². The second-order valence-electron chi connectivity index (χ2n) is 4.92. The van der Waals surface area contributed by atoms with E-state index in [1.165, 1.54) is 0 Å². The summed E-state index contributed by atoms with van der Waals surface area (Å²) in [6, 6.07) is 8.03. The second-order valence-corrected chi connectivity index (χ2v) is 4.92. The minimum Gasteiger partial charge on any atom is -0.489 e. The zero-order valence-corrected chi connectivity index (χ0v) is 13.5. The summed E-state index contributed by atoms with van der Waals surface area (Å²) in [5.74, 6) is 1.71. The molecule has 1 rings (SSSR count). The van der Waals surface area contributed by atoms with Gasteiger partial charge in [0.05, 0.1) is 6.54 Å². The molecule has 0 heterocycles. The van der Waals surface area contributed by atoms with E-state index in [4.69, 9.17) is 9.47 Å². The summed E-state index contributed by atoms with van der Waals surface area (Å²) >= 11 is 0. The lowest BCUT2D eigenvalue weighted by Gasteiger charge is -2.18. The van der Waals surface area contributed by atoms with Crippen LogP contribution >= 0.6 is 0 Å². The van der Waals surface area contributed by atoms with Crippen LogP contribution in [0.2, 0.25) is 0 Å². The highest BCUT2D eigenvalue weighted by Crippen LogP contribution is 2.17. The molecule has 0 spiro atoms. The number of aryl methyl sites for hydroxylation is 1. The van der Waals surface area contributed by atoms with E-state index in [1.54, 1.807) is 14.2 Å². The van der Waals surface area contributed by atoms with Crippen molar-refractivity contribution in [1.29, 1.82) is 0 Å². The van der Waals surface area contributed by atoms with Gasteiger partial charge in [-0.05, 0) is 31.9 Å². The maximum Gasteiger partial charge on any atom is 0.191 e. The molecule has 118 valence electrons. The van der Waals surface area contributed by atoms with Gasteiger partial charge >= 0.3 is 0 Å². The molecule has 1 aromatic rings. The fourth-order valence-corrected chi connectivity index (χ4v) is 1.83. The third-order valence-electron chi connectivity index (χ3n) is 3.02. The number of para-hydroxylation sites is 1. The zero-order chi connectivity index (χ0) is 15.5. The Balaban J connectivity index is 2.31. The van der Waals surface area contributed by atoms with Crippen molar-refractivity contribution in [2.75, 3.05) is 33.9 Å². The summed E-state index contributed by atoms with van der Waals surface area (Å²) in [5, 5.41) is 6.50. The van der Waals surface area contributed by atoms with Gasteiger partial charge in [-0.25, -0.2) is 0 Å². The number of benzene rings is 1. The average molecular weight is 293 g/mol. The highest BCUT2D eigenvalue weighted by molar-refractivity contribution is 5.79. The van der Waals surface area contributed by atoms with Gasteiger partial charge in [0.1, 0.15) is 11.9 Å². The quantitative estimate of drug-likeness (QED) is 0.437. The predicted octanol–water partition coefficient (Wildman–Crippen LogP) is 1.96. The Morgan fingerprint density at radius 1 is 1.29 bits per heavy atom. The Labute approximate surface area is 127 Å². The monoisotopic (exact) mass is 293 g/mol. The summed E-state index contributed by atoms with van der Waals surface area (Å²) in [5.41, 5.74) is 1.14. The number of ether oxygens (including phenoxy) is 2. The number of hydrogen-bond donors (Lipinski definition) is 2. The molecular weight excluding hydrogens is 266 g/mol. The minimum atomic E-state index is 0.0589. The second kappa shape index (κ2) is 10.0. The maximum absolute atomic E-state index is 5.92. The van der Waals surface area contributed by atoms with E-state index in [2.05, 4.69) is 15.6 Å². The van der Waals surface area contributed by atoms with E-state index in [-0.39, 0.29) is 6.10 Å². The molecule has 0 aliphatic rings. The van der Waals surface area contributed by atoms with Crippen molar-refractivity contribution in [3.63, 3.8) is 0 Å². The van der Waals surface area contributed by atoms with Crippen LogP contribution in [0, 0.1) is 6.92 Å². The topological polar surface area (TPSA) is 54.9 Å². The molecule has 0 aromatic heterocycles. The molecule has 0 radical (unpaired) electrons. The number of methoxy groups -OCH3 is 1. The molecule has 0 fully saturated rings. The van der Waals surface area contributed by atoms with Crippen LogP contribution in [0.15, 0.2) is 29.3 Å². The van der Waals surface area contributed by atoms with Crippen LogP contribution in [0.1, 0.15) is 18.9 Å². The van der Waals surface area contributed by atoms with Gasteiger partial charge in [-0.3, -0.25) is 4.99 Å². The van der Waals surface area contributed by atoms with Crippen LogP contribution in [0.5, 0.6) is 5.75 Å². The van der Waals surface area contributed by atoms with Gasteiger partial charge in [0.15, 0.2) is 5.96 Å². The van der Waals surface area contributed by atoms with Crippen LogP contribution < -0.4 is 15.4 Å². The van der Waals surface area contributed by atoms with E-state index in [1.807, 2.05) is 38.1 Å². The predicted molar refractivity (Wildman–Crippen MR) is 87.1 cm³/mol. The molecule has 21 heavy (non-hydrogen) atoms. The standard InChI is InChI=1S/C16H27N3O2/c1-13-8-5-6-9-15(13)21-14(2)12-19-16(17-3)18-10-7-11-20-4/h5-6,8-9,14H,7,10-12H2,1-4H3,(H2,17,18,19). The van der Waals surface area contributed by atoms with Crippen molar-refractivity contribution in [3.05, 3.63) is 29.8 Å². The first-order valence-corrected chi connectivity index (χ1v) is 7.33. The van der Waals surface area contributed by atoms with Crippen LogP contribution in [0.3, 0.4) is 0 Å². The van der Waals surface area contributed by atoms with E-state index >= 15 is 0 Å². The van der Waals surface area contributed by atoms with Crippen LogP contribution in [0.25, 0.3) is 0 Å². The molecule has 1 aromatic carbocycles. The SMILES string of the molecule is CN=C(NCCCOC)NCC(C)Oc1ccccc1C. The summed E-state index contributed by atoms with van der Waals surface area (Å²) < 4.78 is 10.9. The van der Waals surface area contributed by atoms with Crippen molar-refractivity contribution in [2.24, 2.45) is 4.99 Å². The fraction of sp³-hybridized carbons (Fsp3) is 0.562. The lowest BCUT2D eigenvalue weighted by Crippen LogP contribution is -2.42. The van der Waals surface area contributed by atoms with E-state index in [0.29, 0.717) is 6.54 Å². The van der Waals surface area contributed by atoms with Gasteiger partial charge in [0.2, 0.25) is 0 Å². The van der Waals surface area contributed by atoms with Crippen LogP contribution in [0.4, 0.5) is 0 Å². The van der Waals surface area contributed by atoms with Crippen LogP contribution in [-0.4, -0.2) is 45.9 Å². The van der Waals surface area contributed by atoms with Crippen molar-refractivity contribution < 1.29 is 9.47 Å². The molecule has 1 atom stereocenters. The van der Waals surface area contributed by atoms with Gasteiger partial charge in [0.25, 0.3) is 0 Å². The van der Waals surface area contributed by atoms with E-state index < -0.39 is 0 Å². The number of nitrogens with one attached hydrogen (secondary N) is 2. The van der Waals surface area contributed by atoms with Crippen LogP contribution in [-0.2, 0) is 4.74 Å². The highest BCUT2D eigenvalue weighted by Gasteiger charge is 2.07. The highest BCUT2D eigenvalue weighted by atomic mass is 16.5. The Hall–Kier alpha value is -1.75. The van der Waals surface area contributed by atoms with E-state index in [0.717, 1.165) is 36.8 Å². The number of rotatable bonds is 8. The molecule has 0 amide bonds. The van der Waals surface area contributed by atoms with Gasteiger partial charge in [-0.2, -0.15) is 0 Å². The molecule has 0 saturated carbocycles. The largest absolute Gasteiger partial charge is 0.489 e. The van der Waals surface area contributed by atoms with Gasteiger partial charge in [-0.15, -0.1) is 0 Å². The summed E-state index contributed by atoms with van der Waals surface area (Å²) in [6.07, 6.45) is 1.01. The van der Waals surface area contributed by atoms with Gasteiger partial charge < -0.3 is 20.1 Å². The zero-order valence-electron chi connectivity index (χ0n) is 13.5. The van der Waals surface area contributed by atoms with Crippen molar-refractivity contribution >= 4 is 5.96 Å². The molecular formula is C16H27N3O2. The molecule has 0 saturated heterocycles. The molecule has 0 aliphatic carbocycles. The normalized spacial score (nSPS) is 12.9. The number of hydrogen-bond acceptors (Lipinski definition) is 3. The van der Waals surface area contributed by atoms with Gasteiger partial charge in [0, 0.05) is 27.3 Å². The smallest absolute Gasteiger partial charge is 0.191 e. The van der Waals surface area contributed by atoms with Crippen molar-refractivity contribution in [1.82, 2.24) is 10.6 Å². The lowest BCUT2D eigenvalue weighted by molar-refractivity contribution is 0.195. The number of nitrogens with zero attached hydrogens (tertiary/aromatic N) is 1. The molecule has 5 heteroatoms. The molecule has 5 nitrogen and oxygen atoms in total. The third-order valence-corrected chi connectivity index (χ3v) is 3.02. The minimum absolute atomic E-state index is 0.0589. The molecule has 2 N–H and O–H groups in total. The third kappa shape index (κ3) is 6.99. The maximum atomic E-state index is 5.92. The Bertz CT molecular complexity index is 435. The van der Waals surface area contributed by atoms with Gasteiger partial charge in [-0.1, -0.05) is 18.2 Å². The first-order chi connectivity index (χ1) is 10.2. The number of aliphatic imine (C=N–C) groups is 1. The van der Waals surface area contributed by atoms with Crippen molar-refractivity contribution in [3.8, 4) is 5.75 Å². The summed E-state index contributed by atoms with van der Waals surface area (Å²) in [7, 11) is 3.47. The fourth-order valence-electron chi connectivity index (χ4n) is 1.83. The Morgan fingerprint density at radius 3 is 2.71 bits per heavy atom. The molecule has 0 bridgehead atoms. The van der Waals surface area contributed by atoms with Crippen molar-refractivity contribution in [2.45, 2.75) is 26.4 Å². The first-order valence-electron chi connectivity index (χ1n) is 7.33. The molecule has 0 aliphatic heterocycles. The summed E-state index contributed by atoms with van der Waals surface area (Å²) in [4.78, 5) is 4.18. The average Bonchev–Trinajstić information content (AvgIpc) is 2.49. The first kappa shape index (κ1) is 17.3. The summed E-state index contributed by atoms with van der Waals surface area (Å²) in [6.45, 7) is 6.36.